The van der Waals surface area contributed by atoms with Crippen molar-refractivity contribution in [2.75, 3.05) is 0 Å². The molecule has 2 aromatic rings. The van der Waals surface area contributed by atoms with Gasteiger partial charge in [0.05, 0.1) is 17.8 Å². The first-order valence-electron chi connectivity index (χ1n) is 10.4. The lowest BCUT2D eigenvalue weighted by Gasteiger charge is -2.27. The van der Waals surface area contributed by atoms with Gasteiger partial charge in [0.1, 0.15) is 5.78 Å². The minimum absolute atomic E-state index is 0.0286. The summed E-state index contributed by atoms with van der Waals surface area (Å²) >= 11 is 0. The maximum atomic E-state index is 12.9. The number of amides is 2. The number of nitrogens with two attached hydrogens (primary N) is 1. The first-order chi connectivity index (χ1) is 13.9. The molecule has 0 aliphatic heterocycles. The Kier molecular flexibility index (Phi) is 6.67. The van der Waals surface area contributed by atoms with Crippen LogP contribution in [0.15, 0.2) is 24.4 Å². The van der Waals surface area contributed by atoms with Crippen molar-refractivity contribution in [2.45, 2.75) is 57.9 Å². The summed E-state index contributed by atoms with van der Waals surface area (Å²) < 4.78 is 1.84. The number of hydrogen-bond acceptors (Lipinski definition) is 4. The van der Waals surface area contributed by atoms with Gasteiger partial charge < -0.3 is 11.1 Å². The van der Waals surface area contributed by atoms with Gasteiger partial charge in [-0.05, 0) is 30.4 Å². The van der Waals surface area contributed by atoms with Gasteiger partial charge in [0.2, 0.25) is 11.8 Å². The topological polar surface area (TPSA) is 107 Å². The Bertz CT molecular complexity index is 899. The Hall–Kier alpha value is -2.70. The summed E-state index contributed by atoms with van der Waals surface area (Å²) in [5.41, 5.74) is 7.22. The number of carbonyl (C=O) groups excluding carboxylic acids is 3. The molecule has 3 N–H and O–H groups in total. The fourth-order valence-electron chi connectivity index (χ4n) is 4.31. The highest BCUT2D eigenvalue weighted by atomic mass is 16.2. The Morgan fingerprint density at radius 3 is 2.66 bits per heavy atom. The summed E-state index contributed by atoms with van der Waals surface area (Å²) in [4.78, 5) is 35.8. The second-order valence-electron chi connectivity index (χ2n) is 8.19. The number of aryl methyl sites for hydroxylation is 1. The monoisotopic (exact) mass is 398 g/mol. The third-order valence-electron chi connectivity index (χ3n) is 5.96. The van der Waals surface area contributed by atoms with Gasteiger partial charge in [0, 0.05) is 37.6 Å². The summed E-state index contributed by atoms with van der Waals surface area (Å²) in [7, 11) is 1.91. The first-order valence-corrected chi connectivity index (χ1v) is 10.4. The van der Waals surface area contributed by atoms with Crippen molar-refractivity contribution in [1.82, 2.24) is 15.1 Å². The number of nitrogens with one attached hydrogen (secondary N) is 1. The number of fused-ring (bicyclic) bond motifs is 1. The number of carbonyl (C=O) groups is 3. The molecule has 0 bridgehead atoms. The molecular weight excluding hydrogens is 368 g/mol. The number of ketones is 1. The van der Waals surface area contributed by atoms with E-state index in [1.807, 2.05) is 30.1 Å². The standard InChI is InChI=1S/C22H30N4O3/c1-14(12-16(27)10-11-20(23)28)22(29)25-21(15-6-3-4-7-15)17-8-5-9-19-18(17)13-24-26(19)2/h5,8-9,13-15,21H,3-4,6-7,10-12H2,1-2H3,(H2,23,28)(H,25,29)/t14-,21-/m0/s1. The van der Waals surface area contributed by atoms with Gasteiger partial charge in [-0.1, -0.05) is 31.9 Å². The van der Waals surface area contributed by atoms with Gasteiger partial charge >= 0.3 is 0 Å². The van der Waals surface area contributed by atoms with Crippen molar-refractivity contribution in [3.05, 3.63) is 30.0 Å². The van der Waals surface area contributed by atoms with Crippen LogP contribution in [0.2, 0.25) is 0 Å². The Morgan fingerprint density at radius 2 is 1.97 bits per heavy atom. The van der Waals surface area contributed by atoms with E-state index in [2.05, 4.69) is 16.5 Å². The predicted octanol–water partition coefficient (Wildman–Crippen LogP) is 2.78. The molecule has 7 heteroatoms. The normalized spacial score (nSPS) is 16.6. The van der Waals surface area contributed by atoms with Crippen molar-refractivity contribution in [1.29, 1.82) is 0 Å². The molecule has 0 unspecified atom stereocenters. The Balaban J connectivity index is 1.76. The van der Waals surface area contributed by atoms with Crippen LogP contribution in [0.1, 0.15) is 63.5 Å². The average Bonchev–Trinajstić information content (AvgIpc) is 3.34. The van der Waals surface area contributed by atoms with E-state index in [0.29, 0.717) is 5.92 Å². The zero-order valence-corrected chi connectivity index (χ0v) is 17.2. The third-order valence-corrected chi connectivity index (χ3v) is 5.96. The number of hydrogen-bond donors (Lipinski definition) is 2. The quantitative estimate of drug-likeness (QED) is 0.677. The van der Waals surface area contributed by atoms with Gasteiger partial charge in [-0.3, -0.25) is 19.1 Å². The average molecular weight is 399 g/mol. The Labute approximate surface area is 171 Å². The van der Waals surface area contributed by atoms with E-state index in [1.54, 1.807) is 6.92 Å². The minimum atomic E-state index is -0.499. The summed E-state index contributed by atoms with van der Waals surface area (Å²) in [6.45, 7) is 1.76. The van der Waals surface area contributed by atoms with Gasteiger partial charge in [0.25, 0.3) is 0 Å². The SMILES string of the molecule is C[C@@H](CC(=O)CCC(N)=O)C(=O)N[C@H](c1cccc2c1cnn2C)C1CCCC1. The van der Waals surface area contributed by atoms with Gasteiger partial charge in [-0.2, -0.15) is 5.10 Å². The smallest absolute Gasteiger partial charge is 0.223 e. The highest BCUT2D eigenvalue weighted by Gasteiger charge is 2.30. The molecule has 1 heterocycles. The lowest BCUT2D eigenvalue weighted by atomic mass is 9.89. The number of benzene rings is 1. The van der Waals surface area contributed by atoms with Crippen LogP contribution in [0, 0.1) is 11.8 Å². The van der Waals surface area contributed by atoms with Crippen molar-refractivity contribution < 1.29 is 14.4 Å². The summed E-state index contributed by atoms with van der Waals surface area (Å²) in [5, 5.41) is 8.66. The van der Waals surface area contributed by atoms with E-state index < -0.39 is 11.8 Å². The second-order valence-corrected chi connectivity index (χ2v) is 8.19. The molecule has 3 rings (SSSR count). The highest BCUT2D eigenvalue weighted by Crippen LogP contribution is 2.38. The molecule has 1 aromatic carbocycles. The maximum Gasteiger partial charge on any atom is 0.223 e. The van der Waals surface area contributed by atoms with Gasteiger partial charge in [0.15, 0.2) is 0 Å². The van der Waals surface area contributed by atoms with Crippen LogP contribution in [-0.2, 0) is 21.4 Å². The molecule has 1 aliphatic rings. The van der Waals surface area contributed by atoms with Crippen molar-refractivity contribution in [2.24, 2.45) is 24.6 Å². The molecular formula is C22H30N4O3. The summed E-state index contributed by atoms with van der Waals surface area (Å²) in [5.74, 6) is -0.815. The van der Waals surface area contributed by atoms with Gasteiger partial charge in [-0.25, -0.2) is 0 Å². The fourth-order valence-corrected chi connectivity index (χ4v) is 4.31. The zero-order chi connectivity index (χ0) is 21.0. The van der Waals surface area contributed by atoms with E-state index in [-0.39, 0.29) is 37.0 Å². The van der Waals surface area contributed by atoms with E-state index in [1.165, 1.54) is 12.8 Å². The van der Waals surface area contributed by atoms with Crippen LogP contribution in [0.5, 0.6) is 0 Å². The summed E-state index contributed by atoms with van der Waals surface area (Å²) in [6, 6.07) is 6.00. The third kappa shape index (κ3) is 5.02. The maximum absolute atomic E-state index is 12.9. The minimum Gasteiger partial charge on any atom is -0.370 e. The van der Waals surface area contributed by atoms with Crippen LogP contribution in [0.25, 0.3) is 10.9 Å². The molecule has 1 saturated carbocycles. The van der Waals surface area contributed by atoms with E-state index in [0.717, 1.165) is 29.3 Å². The highest BCUT2D eigenvalue weighted by molar-refractivity contribution is 5.89. The van der Waals surface area contributed by atoms with E-state index >= 15 is 0 Å². The number of aromatic nitrogens is 2. The fraction of sp³-hybridized carbons (Fsp3) is 0.545. The van der Waals surface area contributed by atoms with Crippen LogP contribution >= 0.6 is 0 Å². The van der Waals surface area contributed by atoms with Crippen LogP contribution in [0.3, 0.4) is 0 Å². The number of rotatable bonds is 9. The zero-order valence-electron chi connectivity index (χ0n) is 17.2. The van der Waals surface area contributed by atoms with Gasteiger partial charge in [-0.15, -0.1) is 0 Å². The predicted molar refractivity (Wildman–Crippen MR) is 111 cm³/mol. The van der Waals surface area contributed by atoms with Crippen LogP contribution in [-0.4, -0.2) is 27.4 Å². The number of nitrogens with zero attached hydrogens (tertiary/aromatic N) is 2. The molecule has 7 nitrogen and oxygen atoms in total. The van der Waals surface area contributed by atoms with Crippen LogP contribution in [0.4, 0.5) is 0 Å². The van der Waals surface area contributed by atoms with Crippen molar-refractivity contribution in [3.63, 3.8) is 0 Å². The number of primary amides is 1. The second kappa shape index (κ2) is 9.20. The molecule has 0 radical (unpaired) electrons. The number of Topliss-reactive ketones (excluding diaryl/α,β-unsaturated/α-hetero) is 1. The molecule has 2 amide bonds. The molecule has 1 aromatic heterocycles. The van der Waals surface area contributed by atoms with E-state index in [4.69, 9.17) is 5.73 Å². The largest absolute Gasteiger partial charge is 0.370 e. The molecule has 1 aliphatic carbocycles. The Morgan fingerprint density at radius 1 is 1.24 bits per heavy atom. The molecule has 29 heavy (non-hydrogen) atoms. The molecule has 0 spiro atoms. The molecule has 1 fully saturated rings. The van der Waals surface area contributed by atoms with Crippen molar-refractivity contribution in [3.8, 4) is 0 Å². The lowest BCUT2D eigenvalue weighted by molar-refractivity contribution is -0.130. The van der Waals surface area contributed by atoms with Crippen molar-refractivity contribution >= 4 is 28.5 Å². The van der Waals surface area contributed by atoms with E-state index in [9.17, 15) is 14.4 Å². The molecule has 2 atom stereocenters. The first kappa shape index (κ1) is 21.0. The summed E-state index contributed by atoms with van der Waals surface area (Å²) in [6.07, 6.45) is 6.58. The molecule has 0 saturated heterocycles. The lowest BCUT2D eigenvalue weighted by Crippen LogP contribution is -2.37. The molecule has 156 valence electrons. The van der Waals surface area contributed by atoms with Crippen LogP contribution < -0.4 is 11.1 Å².